The molecule has 0 unspecified atom stereocenters. The largest absolute Gasteiger partial charge is 0.481 e. The number of carboxylic acid groups (broad SMARTS) is 1. The van der Waals surface area contributed by atoms with Crippen molar-refractivity contribution in [1.82, 2.24) is 15.1 Å². The smallest absolute Gasteiger partial charge is 0.320 e. The topological polar surface area (TPSA) is 90.0 Å². The van der Waals surface area contributed by atoms with Crippen molar-refractivity contribution in [2.24, 2.45) is 5.92 Å². The van der Waals surface area contributed by atoms with Gasteiger partial charge in [-0.3, -0.25) is 9.59 Å². The summed E-state index contributed by atoms with van der Waals surface area (Å²) < 4.78 is 0. The maximum atomic E-state index is 12.2. The molecular formula is C13H23N3O4. The van der Waals surface area contributed by atoms with E-state index in [-0.39, 0.29) is 25.0 Å². The number of likely N-dealkylation sites (tertiary alicyclic amines) is 1. The average molecular weight is 285 g/mol. The van der Waals surface area contributed by atoms with E-state index in [1.165, 1.54) is 9.80 Å². The SMILES string of the molecule is CCCNC(=O)CN(C)C(=O)N1CCC[C@@H](C(=O)O)C1. The summed E-state index contributed by atoms with van der Waals surface area (Å²) in [6.45, 7) is 3.30. The highest BCUT2D eigenvalue weighted by molar-refractivity contribution is 5.84. The fourth-order valence-electron chi connectivity index (χ4n) is 2.20. The van der Waals surface area contributed by atoms with Crippen molar-refractivity contribution in [3.05, 3.63) is 0 Å². The van der Waals surface area contributed by atoms with Gasteiger partial charge in [-0.2, -0.15) is 0 Å². The van der Waals surface area contributed by atoms with Crippen LogP contribution < -0.4 is 5.32 Å². The molecule has 3 amide bonds. The minimum absolute atomic E-state index is 0.00687. The normalized spacial score (nSPS) is 18.5. The zero-order valence-electron chi connectivity index (χ0n) is 12.1. The summed E-state index contributed by atoms with van der Waals surface area (Å²) in [6, 6.07) is -0.289. The molecule has 1 fully saturated rings. The monoisotopic (exact) mass is 285 g/mol. The number of hydrogen-bond donors (Lipinski definition) is 2. The van der Waals surface area contributed by atoms with E-state index in [2.05, 4.69) is 5.32 Å². The van der Waals surface area contributed by atoms with E-state index in [0.717, 1.165) is 6.42 Å². The van der Waals surface area contributed by atoms with Gasteiger partial charge < -0.3 is 20.2 Å². The minimum Gasteiger partial charge on any atom is -0.481 e. The molecule has 7 heteroatoms. The first-order valence-corrected chi connectivity index (χ1v) is 6.95. The Balaban J connectivity index is 2.47. The summed E-state index contributed by atoms with van der Waals surface area (Å²) in [4.78, 5) is 37.5. The number of urea groups is 1. The number of likely N-dealkylation sites (N-methyl/N-ethyl adjacent to an activating group) is 1. The van der Waals surface area contributed by atoms with Crippen LogP contribution in [0.25, 0.3) is 0 Å². The lowest BCUT2D eigenvalue weighted by Crippen LogP contribution is -2.49. The zero-order chi connectivity index (χ0) is 15.1. The predicted molar refractivity (Wildman–Crippen MR) is 73.3 cm³/mol. The Hall–Kier alpha value is -1.79. The number of aliphatic carboxylic acids is 1. The quantitative estimate of drug-likeness (QED) is 0.763. The van der Waals surface area contributed by atoms with Crippen LogP contribution in [0.4, 0.5) is 4.79 Å². The first-order valence-electron chi connectivity index (χ1n) is 6.95. The number of piperidine rings is 1. The molecule has 7 nitrogen and oxygen atoms in total. The van der Waals surface area contributed by atoms with Gasteiger partial charge in [-0.1, -0.05) is 6.92 Å². The number of rotatable bonds is 5. The van der Waals surface area contributed by atoms with Crippen LogP contribution in [0.15, 0.2) is 0 Å². The van der Waals surface area contributed by atoms with Gasteiger partial charge in [0.2, 0.25) is 5.91 Å². The van der Waals surface area contributed by atoms with Gasteiger partial charge in [-0.05, 0) is 19.3 Å². The van der Waals surface area contributed by atoms with Crippen LogP contribution in [-0.4, -0.2) is 66.0 Å². The Morgan fingerprint density at radius 1 is 1.40 bits per heavy atom. The van der Waals surface area contributed by atoms with Crippen molar-refractivity contribution in [3.63, 3.8) is 0 Å². The van der Waals surface area contributed by atoms with Gasteiger partial charge in [-0.25, -0.2) is 4.79 Å². The molecule has 1 atom stereocenters. The summed E-state index contributed by atoms with van der Waals surface area (Å²) in [5.41, 5.74) is 0. The molecule has 1 aliphatic rings. The molecule has 0 aliphatic carbocycles. The summed E-state index contributed by atoms with van der Waals surface area (Å²) in [7, 11) is 1.55. The fraction of sp³-hybridized carbons (Fsp3) is 0.769. The minimum atomic E-state index is -0.870. The second-order valence-electron chi connectivity index (χ2n) is 5.11. The Kier molecular flexibility index (Phi) is 6.27. The summed E-state index contributed by atoms with van der Waals surface area (Å²) in [5, 5.41) is 11.7. The fourth-order valence-corrected chi connectivity index (χ4v) is 2.20. The van der Waals surface area contributed by atoms with Crippen molar-refractivity contribution >= 4 is 17.9 Å². The number of carbonyl (C=O) groups excluding carboxylic acids is 2. The van der Waals surface area contributed by atoms with E-state index < -0.39 is 11.9 Å². The summed E-state index contributed by atoms with van der Waals surface area (Å²) in [5.74, 6) is -1.57. The molecule has 0 aromatic carbocycles. The maximum Gasteiger partial charge on any atom is 0.320 e. The van der Waals surface area contributed by atoms with Crippen molar-refractivity contribution < 1.29 is 19.5 Å². The van der Waals surface area contributed by atoms with Gasteiger partial charge in [0.15, 0.2) is 0 Å². The summed E-state index contributed by atoms with van der Waals surface area (Å²) >= 11 is 0. The highest BCUT2D eigenvalue weighted by Crippen LogP contribution is 2.17. The van der Waals surface area contributed by atoms with Gasteiger partial charge in [0.1, 0.15) is 6.54 Å². The maximum absolute atomic E-state index is 12.2. The lowest BCUT2D eigenvalue weighted by Gasteiger charge is -2.33. The van der Waals surface area contributed by atoms with Gasteiger partial charge >= 0.3 is 12.0 Å². The summed E-state index contributed by atoms with van der Waals surface area (Å²) in [6.07, 6.45) is 2.12. The first-order chi connectivity index (χ1) is 9.45. The van der Waals surface area contributed by atoms with Gasteiger partial charge in [0.05, 0.1) is 5.92 Å². The Bertz CT molecular complexity index is 373. The molecule has 0 radical (unpaired) electrons. The lowest BCUT2D eigenvalue weighted by atomic mass is 9.99. The third-order valence-corrected chi connectivity index (χ3v) is 3.32. The molecule has 1 heterocycles. The third-order valence-electron chi connectivity index (χ3n) is 3.32. The van der Waals surface area contributed by atoms with Gasteiger partial charge in [0, 0.05) is 26.7 Å². The van der Waals surface area contributed by atoms with Crippen LogP contribution in [0.1, 0.15) is 26.2 Å². The Labute approximate surface area is 118 Å². The second kappa shape index (κ2) is 7.72. The number of nitrogens with zero attached hydrogens (tertiary/aromatic N) is 2. The van der Waals surface area contributed by atoms with E-state index in [1.54, 1.807) is 7.05 Å². The van der Waals surface area contributed by atoms with Gasteiger partial charge in [-0.15, -0.1) is 0 Å². The molecule has 0 spiro atoms. The van der Waals surface area contributed by atoms with E-state index in [1.807, 2.05) is 6.92 Å². The third kappa shape index (κ3) is 4.71. The van der Waals surface area contributed by atoms with E-state index >= 15 is 0 Å². The first kappa shape index (κ1) is 16.3. The number of amides is 3. The highest BCUT2D eigenvalue weighted by Gasteiger charge is 2.29. The molecule has 0 aromatic rings. The predicted octanol–water partition coefficient (Wildman–Crippen LogP) is 0.361. The average Bonchev–Trinajstić information content (AvgIpc) is 2.44. The van der Waals surface area contributed by atoms with E-state index in [9.17, 15) is 14.4 Å². The van der Waals surface area contributed by atoms with E-state index in [4.69, 9.17) is 5.11 Å². The van der Waals surface area contributed by atoms with Crippen LogP contribution >= 0.6 is 0 Å². The number of hydrogen-bond acceptors (Lipinski definition) is 3. The number of nitrogens with one attached hydrogen (secondary N) is 1. The molecule has 0 bridgehead atoms. The van der Waals surface area contributed by atoms with Gasteiger partial charge in [0.25, 0.3) is 0 Å². The van der Waals surface area contributed by atoms with Crippen molar-refractivity contribution in [3.8, 4) is 0 Å². The molecule has 1 aliphatic heterocycles. The van der Waals surface area contributed by atoms with Crippen LogP contribution in [-0.2, 0) is 9.59 Å². The van der Waals surface area contributed by atoms with Crippen molar-refractivity contribution in [2.45, 2.75) is 26.2 Å². The zero-order valence-corrected chi connectivity index (χ0v) is 12.1. The molecule has 114 valence electrons. The Morgan fingerprint density at radius 3 is 2.70 bits per heavy atom. The van der Waals surface area contributed by atoms with Crippen molar-refractivity contribution in [2.75, 3.05) is 33.2 Å². The standard InChI is InChI=1S/C13H23N3O4/c1-3-6-14-11(17)9-15(2)13(20)16-7-4-5-10(8-16)12(18)19/h10H,3-9H2,1-2H3,(H,14,17)(H,18,19)/t10-/m1/s1. The molecular weight excluding hydrogens is 262 g/mol. The number of carboxylic acids is 1. The van der Waals surface area contributed by atoms with Crippen LogP contribution in [0.2, 0.25) is 0 Å². The molecule has 0 aromatic heterocycles. The molecule has 1 rings (SSSR count). The molecule has 0 saturated carbocycles. The van der Waals surface area contributed by atoms with Crippen LogP contribution in [0, 0.1) is 5.92 Å². The van der Waals surface area contributed by atoms with E-state index in [0.29, 0.717) is 25.9 Å². The van der Waals surface area contributed by atoms with Crippen LogP contribution in [0.5, 0.6) is 0 Å². The molecule has 2 N–H and O–H groups in total. The van der Waals surface area contributed by atoms with Crippen LogP contribution in [0.3, 0.4) is 0 Å². The number of carbonyl (C=O) groups is 3. The lowest BCUT2D eigenvalue weighted by molar-refractivity contribution is -0.143. The highest BCUT2D eigenvalue weighted by atomic mass is 16.4. The Morgan fingerprint density at radius 2 is 2.10 bits per heavy atom. The molecule has 1 saturated heterocycles. The molecule has 20 heavy (non-hydrogen) atoms. The second-order valence-corrected chi connectivity index (χ2v) is 5.11. The van der Waals surface area contributed by atoms with Crippen molar-refractivity contribution in [1.29, 1.82) is 0 Å².